The molecule has 0 aromatic heterocycles. The lowest BCUT2D eigenvalue weighted by molar-refractivity contribution is 0.416. The van der Waals surface area contributed by atoms with Gasteiger partial charge < -0.3 is 10.1 Å². The number of nitrogens with one attached hydrogen (secondary N) is 2. The summed E-state index contributed by atoms with van der Waals surface area (Å²) in [6.07, 6.45) is 0. The van der Waals surface area contributed by atoms with Crippen LogP contribution < -0.4 is 19.9 Å². The average Bonchev–Trinajstić information content (AvgIpc) is 3.13. The molecule has 8 heteroatoms. The molecule has 146 valence electrons. The summed E-state index contributed by atoms with van der Waals surface area (Å²) in [4.78, 5) is 0. The second-order valence-electron chi connectivity index (χ2n) is 7.37. The molecule has 2 aromatic carbocycles. The fraction of sp³-hybridized carbons (Fsp3) is 0.368. The van der Waals surface area contributed by atoms with Gasteiger partial charge in [-0.3, -0.25) is 4.72 Å². The van der Waals surface area contributed by atoms with E-state index in [-0.39, 0.29) is 5.41 Å². The van der Waals surface area contributed by atoms with Gasteiger partial charge in [0, 0.05) is 12.2 Å². The highest BCUT2D eigenvalue weighted by atomic mass is 35.5. The Morgan fingerprint density at radius 2 is 1.85 bits per heavy atom. The van der Waals surface area contributed by atoms with Crippen molar-refractivity contribution in [1.82, 2.24) is 0 Å². The number of ether oxygens (including phenoxy) is 1. The van der Waals surface area contributed by atoms with Crippen molar-refractivity contribution in [3.05, 3.63) is 53.1 Å². The Morgan fingerprint density at radius 3 is 2.44 bits per heavy atom. The molecule has 1 fully saturated rings. The predicted molar refractivity (Wildman–Crippen MR) is 110 cm³/mol. The summed E-state index contributed by atoms with van der Waals surface area (Å²) in [5, 5.41) is 9.06. The van der Waals surface area contributed by atoms with Gasteiger partial charge in [-0.05, 0) is 47.1 Å². The first-order chi connectivity index (χ1) is 12.6. The molecule has 1 saturated carbocycles. The maximum Gasteiger partial charge on any atom is 0.296 e. The number of hydrogen-bond acceptors (Lipinski definition) is 4. The zero-order valence-corrected chi connectivity index (χ0v) is 17.1. The highest BCUT2D eigenvalue weighted by molar-refractivity contribution is 7.90. The van der Waals surface area contributed by atoms with Crippen LogP contribution in [0.15, 0.2) is 42.5 Å². The number of nitrogens with two attached hydrogens (primary N) is 1. The molecule has 6 nitrogen and oxygen atoms in total. The van der Waals surface area contributed by atoms with Gasteiger partial charge >= 0.3 is 0 Å². The molecular formula is C19H24ClN3O3S. The number of para-hydroxylation sites is 1. The third-order valence-corrected chi connectivity index (χ3v) is 6.11. The molecule has 0 amide bonds. The Hall–Kier alpha value is -1.96. The molecule has 2 atom stereocenters. The molecular weight excluding hydrogens is 386 g/mol. The molecule has 0 saturated heterocycles. The third-order valence-electron chi connectivity index (χ3n) is 5.27. The molecule has 4 N–H and O–H groups in total. The van der Waals surface area contributed by atoms with Crippen LogP contribution in [0.5, 0.6) is 5.75 Å². The topological polar surface area (TPSA) is 93.4 Å². The second-order valence-corrected chi connectivity index (χ2v) is 9.07. The molecule has 0 bridgehead atoms. The second kappa shape index (κ2) is 7.22. The molecule has 0 heterocycles. The Balaban J connectivity index is 1.70. The first-order valence-corrected chi connectivity index (χ1v) is 10.5. The van der Waals surface area contributed by atoms with E-state index < -0.39 is 10.2 Å². The minimum absolute atomic E-state index is 0.121. The Kier molecular flexibility index (Phi) is 5.29. The Labute approximate surface area is 165 Å². The van der Waals surface area contributed by atoms with Crippen LogP contribution in [0.25, 0.3) is 0 Å². The van der Waals surface area contributed by atoms with Gasteiger partial charge in [0.1, 0.15) is 5.75 Å². The van der Waals surface area contributed by atoms with Crippen LogP contribution in [-0.2, 0) is 10.2 Å². The van der Waals surface area contributed by atoms with Gasteiger partial charge in [0.25, 0.3) is 10.2 Å². The molecule has 1 aliphatic rings. The van der Waals surface area contributed by atoms with Gasteiger partial charge in [-0.25, -0.2) is 5.14 Å². The lowest BCUT2D eigenvalue weighted by Crippen LogP contribution is -2.21. The van der Waals surface area contributed by atoms with E-state index in [1.165, 1.54) is 0 Å². The standard InChI is InChI=1S/C19H24ClN3O3S/c1-19(2)14(11-22-18-15(20)5-4-6-16(18)26-3)17(19)12-7-9-13(10-8-12)23-27(21,24)25/h4-10,14,17,22-23H,11H2,1-3H3,(H2,21,24,25)/t14-,17-/m0/s1. The van der Waals surface area contributed by atoms with E-state index in [1.807, 2.05) is 30.3 Å². The van der Waals surface area contributed by atoms with Crippen LogP contribution in [0, 0.1) is 11.3 Å². The third kappa shape index (κ3) is 4.31. The van der Waals surface area contributed by atoms with Crippen molar-refractivity contribution in [1.29, 1.82) is 0 Å². The summed E-state index contributed by atoms with van der Waals surface area (Å²) in [7, 11) is -2.14. The SMILES string of the molecule is COc1cccc(Cl)c1NC[C@H]1[C@H](c2ccc(NS(N)(=O)=O)cc2)C1(C)C. The fourth-order valence-corrected chi connectivity index (χ4v) is 4.46. The van der Waals surface area contributed by atoms with Crippen LogP contribution in [0.4, 0.5) is 11.4 Å². The zero-order chi connectivity index (χ0) is 19.8. The fourth-order valence-electron chi connectivity index (χ4n) is 3.77. The van der Waals surface area contributed by atoms with Crippen LogP contribution in [0.1, 0.15) is 25.3 Å². The lowest BCUT2D eigenvalue weighted by atomic mass is 10.0. The molecule has 0 spiro atoms. The van der Waals surface area contributed by atoms with E-state index >= 15 is 0 Å². The van der Waals surface area contributed by atoms with E-state index in [9.17, 15) is 8.42 Å². The van der Waals surface area contributed by atoms with Crippen LogP contribution in [0.2, 0.25) is 5.02 Å². The van der Waals surface area contributed by atoms with Gasteiger partial charge in [-0.1, -0.05) is 43.6 Å². The average molecular weight is 410 g/mol. The minimum Gasteiger partial charge on any atom is -0.495 e. The van der Waals surface area contributed by atoms with Gasteiger partial charge in [0.2, 0.25) is 0 Å². The van der Waals surface area contributed by atoms with Gasteiger partial charge in [-0.15, -0.1) is 0 Å². The molecule has 0 aliphatic heterocycles. The maximum atomic E-state index is 11.1. The van der Waals surface area contributed by atoms with Gasteiger partial charge in [-0.2, -0.15) is 8.42 Å². The Morgan fingerprint density at radius 1 is 1.19 bits per heavy atom. The largest absolute Gasteiger partial charge is 0.495 e. The van der Waals surface area contributed by atoms with E-state index in [0.29, 0.717) is 22.5 Å². The molecule has 3 rings (SSSR count). The minimum atomic E-state index is -3.76. The van der Waals surface area contributed by atoms with Crippen molar-refractivity contribution in [2.24, 2.45) is 16.5 Å². The van der Waals surface area contributed by atoms with Crippen molar-refractivity contribution in [2.75, 3.05) is 23.7 Å². The van der Waals surface area contributed by atoms with E-state index in [1.54, 1.807) is 19.2 Å². The summed E-state index contributed by atoms with van der Waals surface area (Å²) in [6, 6.07) is 12.9. The van der Waals surface area contributed by atoms with Crippen molar-refractivity contribution in [3.8, 4) is 5.75 Å². The van der Waals surface area contributed by atoms with E-state index in [0.717, 1.165) is 23.5 Å². The molecule has 0 radical (unpaired) electrons. The van der Waals surface area contributed by atoms with Crippen LogP contribution in [0.3, 0.4) is 0 Å². The summed E-state index contributed by atoms with van der Waals surface area (Å²) in [6.45, 7) is 5.21. The van der Waals surface area contributed by atoms with Crippen molar-refractivity contribution >= 4 is 33.2 Å². The van der Waals surface area contributed by atoms with Crippen molar-refractivity contribution in [2.45, 2.75) is 19.8 Å². The highest BCUT2D eigenvalue weighted by Crippen LogP contribution is 2.64. The number of anilines is 2. The highest BCUT2D eigenvalue weighted by Gasteiger charge is 2.57. The monoisotopic (exact) mass is 409 g/mol. The van der Waals surface area contributed by atoms with Gasteiger partial charge in [0.15, 0.2) is 0 Å². The van der Waals surface area contributed by atoms with Crippen LogP contribution >= 0.6 is 11.6 Å². The molecule has 0 unspecified atom stereocenters. The summed E-state index contributed by atoms with van der Waals surface area (Å²) < 4.78 is 29.9. The zero-order valence-electron chi connectivity index (χ0n) is 15.5. The van der Waals surface area contributed by atoms with Crippen molar-refractivity contribution < 1.29 is 13.2 Å². The quantitative estimate of drug-likeness (QED) is 0.648. The molecule has 27 heavy (non-hydrogen) atoms. The summed E-state index contributed by atoms with van der Waals surface area (Å²) in [5.74, 6) is 1.49. The smallest absolute Gasteiger partial charge is 0.296 e. The number of rotatable bonds is 7. The number of hydrogen-bond donors (Lipinski definition) is 3. The van der Waals surface area contributed by atoms with E-state index in [2.05, 4.69) is 23.9 Å². The summed E-state index contributed by atoms with van der Waals surface area (Å²) in [5.41, 5.74) is 2.54. The summed E-state index contributed by atoms with van der Waals surface area (Å²) >= 11 is 6.30. The lowest BCUT2D eigenvalue weighted by Gasteiger charge is -2.13. The Bertz CT molecular complexity index is 930. The molecule has 2 aromatic rings. The number of methoxy groups -OCH3 is 1. The van der Waals surface area contributed by atoms with Gasteiger partial charge in [0.05, 0.1) is 17.8 Å². The van der Waals surface area contributed by atoms with Crippen molar-refractivity contribution in [3.63, 3.8) is 0 Å². The predicted octanol–water partition coefficient (Wildman–Crippen LogP) is 3.82. The first kappa shape index (κ1) is 19.8. The number of benzene rings is 2. The number of halogens is 1. The molecule has 1 aliphatic carbocycles. The normalized spacial score (nSPS) is 20.8. The van der Waals surface area contributed by atoms with E-state index in [4.69, 9.17) is 21.5 Å². The first-order valence-electron chi connectivity index (χ1n) is 8.60. The van der Waals surface area contributed by atoms with Crippen LogP contribution in [-0.4, -0.2) is 22.1 Å². The maximum absolute atomic E-state index is 11.1.